The van der Waals surface area contributed by atoms with E-state index in [1.807, 2.05) is 0 Å². The van der Waals surface area contributed by atoms with Crippen LogP contribution in [-0.4, -0.2) is 22.5 Å². The van der Waals surface area contributed by atoms with Crippen molar-refractivity contribution < 1.29 is 9.18 Å². The molecule has 0 saturated carbocycles. The highest BCUT2D eigenvalue weighted by molar-refractivity contribution is 6.33. The summed E-state index contributed by atoms with van der Waals surface area (Å²) in [7, 11) is 0. The third-order valence-electron chi connectivity index (χ3n) is 2.16. The van der Waals surface area contributed by atoms with E-state index < -0.39 is 11.3 Å². The van der Waals surface area contributed by atoms with Gasteiger partial charge in [0.1, 0.15) is 16.5 Å². The number of halogens is 3. The number of rotatable bonds is 1. The first-order valence-electron chi connectivity index (χ1n) is 4.72. The van der Waals surface area contributed by atoms with Gasteiger partial charge in [-0.15, -0.1) is 0 Å². The van der Waals surface area contributed by atoms with Crippen molar-refractivity contribution in [2.45, 2.75) is 5.50 Å². The largest absolute Gasteiger partial charge is 0.290 e. The van der Waals surface area contributed by atoms with Crippen molar-refractivity contribution in [2.75, 3.05) is 0 Å². The Morgan fingerprint density at radius 3 is 2.65 bits per heavy atom. The van der Waals surface area contributed by atoms with E-state index in [2.05, 4.69) is 4.99 Å². The third kappa shape index (κ3) is 2.65. The van der Waals surface area contributed by atoms with Crippen molar-refractivity contribution >= 4 is 35.3 Å². The average molecular weight is 273 g/mol. The summed E-state index contributed by atoms with van der Waals surface area (Å²) in [5.41, 5.74) is -0.372. The second-order valence-corrected chi connectivity index (χ2v) is 4.16. The molecule has 6 heteroatoms. The van der Waals surface area contributed by atoms with E-state index in [0.29, 0.717) is 5.56 Å². The van der Waals surface area contributed by atoms with Crippen molar-refractivity contribution in [3.05, 3.63) is 47.0 Å². The van der Waals surface area contributed by atoms with Gasteiger partial charge < -0.3 is 0 Å². The monoisotopic (exact) mass is 272 g/mol. The van der Waals surface area contributed by atoms with Crippen molar-refractivity contribution in [1.29, 1.82) is 0 Å². The number of carbonyl (C=O) groups is 1. The highest BCUT2D eigenvalue weighted by atomic mass is 35.5. The van der Waals surface area contributed by atoms with Crippen LogP contribution in [0.5, 0.6) is 0 Å². The van der Waals surface area contributed by atoms with Gasteiger partial charge in [0.15, 0.2) is 0 Å². The lowest BCUT2D eigenvalue weighted by molar-refractivity contribution is 0.0826. The lowest BCUT2D eigenvalue weighted by atomic mass is 10.2. The number of carbonyl (C=O) groups excluding carboxylic acids is 1. The molecule has 1 aromatic rings. The van der Waals surface area contributed by atoms with Crippen LogP contribution < -0.4 is 0 Å². The Morgan fingerprint density at radius 1 is 1.35 bits per heavy atom. The van der Waals surface area contributed by atoms with Crippen LogP contribution in [0, 0.1) is 5.82 Å². The zero-order valence-electron chi connectivity index (χ0n) is 8.48. The summed E-state index contributed by atoms with van der Waals surface area (Å²) >= 11 is 11.6. The molecule has 3 nitrogen and oxygen atoms in total. The van der Waals surface area contributed by atoms with E-state index in [1.165, 1.54) is 41.6 Å². The van der Waals surface area contributed by atoms with Crippen molar-refractivity contribution in [3.63, 3.8) is 0 Å². The standard InChI is InChI=1S/C11H7Cl2FN2O/c12-9-6-16(10(13)5-15-9)11(17)7-1-3-8(14)4-2-7/h1-6,10H. The van der Waals surface area contributed by atoms with E-state index in [-0.39, 0.29) is 11.1 Å². The SMILES string of the molecule is O=C(c1ccc(F)cc1)N1C=C(Cl)N=CC1Cl. The third-order valence-corrected chi connectivity index (χ3v) is 2.68. The molecule has 2 rings (SSSR count). The molecule has 88 valence electrons. The molecule has 0 fully saturated rings. The second-order valence-electron chi connectivity index (χ2n) is 3.32. The summed E-state index contributed by atoms with van der Waals surface area (Å²) in [5.74, 6) is -0.771. The summed E-state index contributed by atoms with van der Waals surface area (Å²) < 4.78 is 12.7. The predicted molar refractivity (Wildman–Crippen MR) is 64.6 cm³/mol. The minimum Gasteiger partial charge on any atom is -0.290 e. The summed E-state index contributed by atoms with van der Waals surface area (Å²) in [6, 6.07) is 5.18. The van der Waals surface area contributed by atoms with Crippen LogP contribution in [0.3, 0.4) is 0 Å². The normalized spacial score (nSPS) is 19.1. The maximum Gasteiger partial charge on any atom is 0.259 e. The molecule has 17 heavy (non-hydrogen) atoms. The van der Waals surface area contributed by atoms with E-state index in [0.717, 1.165) is 0 Å². The number of aliphatic imine (C=N–C) groups is 1. The van der Waals surface area contributed by atoms with Crippen LogP contribution in [0.2, 0.25) is 0 Å². The maximum absolute atomic E-state index is 12.7. The van der Waals surface area contributed by atoms with E-state index in [9.17, 15) is 9.18 Å². The summed E-state index contributed by atoms with van der Waals surface area (Å²) in [4.78, 5) is 17.0. The van der Waals surface area contributed by atoms with Gasteiger partial charge in [0.05, 0.1) is 0 Å². The quantitative estimate of drug-likeness (QED) is 0.572. The number of nitrogens with zero attached hydrogens (tertiary/aromatic N) is 2. The molecule has 0 N–H and O–H groups in total. The topological polar surface area (TPSA) is 32.7 Å². The fraction of sp³-hybridized carbons (Fsp3) is 0.0909. The van der Waals surface area contributed by atoms with Crippen molar-refractivity contribution in [1.82, 2.24) is 4.90 Å². The lowest BCUT2D eigenvalue weighted by Crippen LogP contribution is -2.35. The zero-order valence-corrected chi connectivity index (χ0v) is 9.99. The van der Waals surface area contributed by atoms with Crippen LogP contribution in [0.4, 0.5) is 4.39 Å². The molecule has 1 atom stereocenters. The van der Waals surface area contributed by atoms with Gasteiger partial charge >= 0.3 is 0 Å². The van der Waals surface area contributed by atoms with Crippen LogP contribution in [0.15, 0.2) is 40.6 Å². The molecular weight excluding hydrogens is 266 g/mol. The van der Waals surface area contributed by atoms with Gasteiger partial charge in [-0.05, 0) is 24.3 Å². The summed E-state index contributed by atoms with van der Waals surface area (Å²) in [6.07, 6.45) is 2.69. The van der Waals surface area contributed by atoms with Crippen LogP contribution in [-0.2, 0) is 0 Å². The van der Waals surface area contributed by atoms with Crippen molar-refractivity contribution in [2.24, 2.45) is 4.99 Å². The Bertz CT molecular complexity index is 499. The van der Waals surface area contributed by atoms with E-state index >= 15 is 0 Å². The number of alkyl halides is 1. The molecule has 0 radical (unpaired) electrons. The van der Waals surface area contributed by atoms with Crippen molar-refractivity contribution in [3.8, 4) is 0 Å². The molecule has 0 saturated heterocycles. The second kappa shape index (κ2) is 4.85. The molecule has 0 aliphatic carbocycles. The van der Waals surface area contributed by atoms with E-state index in [1.54, 1.807) is 0 Å². The summed E-state index contributed by atoms with van der Waals surface area (Å²) in [5, 5.41) is 0.164. The number of benzene rings is 1. The van der Waals surface area contributed by atoms with Gasteiger partial charge in [-0.25, -0.2) is 9.38 Å². The minimum atomic E-state index is -0.699. The van der Waals surface area contributed by atoms with Crippen LogP contribution in [0.25, 0.3) is 0 Å². The molecule has 1 aliphatic heterocycles. The summed E-state index contributed by atoms with van der Waals surface area (Å²) in [6.45, 7) is 0. The van der Waals surface area contributed by atoms with Gasteiger partial charge in [-0.3, -0.25) is 9.69 Å². The van der Waals surface area contributed by atoms with Gasteiger partial charge in [0.2, 0.25) is 0 Å². The number of amides is 1. The molecule has 0 aromatic heterocycles. The predicted octanol–water partition coefficient (Wildman–Crippen LogP) is 2.95. The molecule has 1 amide bonds. The number of hydrogen-bond acceptors (Lipinski definition) is 2. The highest BCUT2D eigenvalue weighted by Crippen LogP contribution is 2.19. The Hall–Kier alpha value is -1.39. The fourth-order valence-electron chi connectivity index (χ4n) is 1.34. The van der Waals surface area contributed by atoms with Crippen LogP contribution in [0.1, 0.15) is 10.4 Å². The molecular formula is C11H7Cl2FN2O. The number of hydrogen-bond donors (Lipinski definition) is 0. The first-order valence-corrected chi connectivity index (χ1v) is 5.53. The lowest BCUT2D eigenvalue weighted by Gasteiger charge is -2.23. The maximum atomic E-state index is 12.7. The average Bonchev–Trinajstić information content (AvgIpc) is 2.32. The van der Waals surface area contributed by atoms with Gasteiger partial charge in [-0.1, -0.05) is 23.2 Å². The van der Waals surface area contributed by atoms with E-state index in [4.69, 9.17) is 23.2 Å². The zero-order chi connectivity index (χ0) is 12.4. The smallest absolute Gasteiger partial charge is 0.259 e. The Morgan fingerprint density at radius 2 is 2.00 bits per heavy atom. The Balaban J connectivity index is 2.26. The van der Waals surface area contributed by atoms with Gasteiger partial charge in [-0.2, -0.15) is 0 Å². The minimum absolute atomic E-state index is 0.164. The molecule has 1 aliphatic rings. The Kier molecular flexibility index (Phi) is 3.45. The van der Waals surface area contributed by atoms with Gasteiger partial charge in [0.25, 0.3) is 5.91 Å². The molecule has 1 heterocycles. The van der Waals surface area contributed by atoms with Crippen LogP contribution >= 0.6 is 23.2 Å². The first-order chi connectivity index (χ1) is 8.08. The molecule has 1 unspecified atom stereocenters. The fourth-order valence-corrected chi connectivity index (χ4v) is 1.70. The van der Waals surface area contributed by atoms with Gasteiger partial charge in [0, 0.05) is 18.0 Å². The molecule has 0 spiro atoms. The first kappa shape index (κ1) is 12.1. The molecule has 0 bridgehead atoms. The molecule has 1 aromatic carbocycles. The Labute approximate surface area is 107 Å². The highest BCUT2D eigenvalue weighted by Gasteiger charge is 2.23.